The minimum Gasteiger partial charge on any atom is -0.323 e. The van der Waals surface area contributed by atoms with Gasteiger partial charge in [-0.25, -0.2) is 9.69 Å². The average molecular weight is 356 g/mol. The second kappa shape index (κ2) is 6.42. The van der Waals surface area contributed by atoms with Crippen LogP contribution in [0.1, 0.15) is 37.5 Å². The number of amides is 3. The quantitative estimate of drug-likeness (QED) is 0.843. The molecule has 2 fully saturated rings. The Bertz CT molecular complexity index is 620. The average Bonchev–Trinajstić information content (AvgIpc) is 3.00. The molecule has 7 heteroatoms. The van der Waals surface area contributed by atoms with Gasteiger partial charge in [0.05, 0.1) is 11.0 Å². The van der Waals surface area contributed by atoms with Crippen LogP contribution in [0.25, 0.3) is 0 Å². The summed E-state index contributed by atoms with van der Waals surface area (Å²) in [5.74, 6) is 0.130. The molecule has 2 atom stereocenters. The van der Waals surface area contributed by atoms with E-state index in [4.69, 9.17) is 11.6 Å². The fourth-order valence-corrected chi connectivity index (χ4v) is 4.79. The van der Waals surface area contributed by atoms with Crippen molar-refractivity contribution in [1.29, 1.82) is 0 Å². The molecule has 3 amide bonds. The van der Waals surface area contributed by atoms with E-state index in [0.29, 0.717) is 13.2 Å². The molecule has 1 saturated carbocycles. The molecule has 126 valence electrons. The van der Waals surface area contributed by atoms with Gasteiger partial charge in [0.1, 0.15) is 5.54 Å². The van der Waals surface area contributed by atoms with Crippen molar-refractivity contribution in [3.63, 3.8) is 0 Å². The van der Waals surface area contributed by atoms with Gasteiger partial charge < -0.3 is 5.32 Å². The Morgan fingerprint density at radius 1 is 1.43 bits per heavy atom. The predicted octanol–water partition coefficient (Wildman–Crippen LogP) is 3.29. The van der Waals surface area contributed by atoms with Crippen LogP contribution in [-0.4, -0.2) is 41.0 Å². The Morgan fingerprint density at radius 2 is 2.22 bits per heavy atom. The second-order valence-corrected chi connectivity index (χ2v) is 8.44. The number of rotatable bonds is 4. The van der Waals surface area contributed by atoms with Crippen LogP contribution >= 0.6 is 22.9 Å². The number of hydrogen-bond donors (Lipinski definition) is 1. The second-order valence-electron chi connectivity index (χ2n) is 6.64. The van der Waals surface area contributed by atoms with Crippen molar-refractivity contribution in [3.05, 3.63) is 21.3 Å². The Morgan fingerprint density at radius 3 is 2.87 bits per heavy atom. The van der Waals surface area contributed by atoms with Gasteiger partial charge in [0, 0.05) is 11.4 Å². The molecule has 1 spiro atoms. The summed E-state index contributed by atoms with van der Waals surface area (Å²) in [5, 5.41) is 2.98. The van der Waals surface area contributed by atoms with E-state index >= 15 is 0 Å². The standard InChI is InChI=1S/C16H22ClN3O2S/c1-11-5-3-4-8-16(11)14(21)20(15(22)18-16)10-19(2)9-12-6-7-13(17)23-12/h6-7,11H,3-5,8-10H2,1-2H3,(H,18,22)/t11-,16-/m1/s1. The van der Waals surface area contributed by atoms with Crippen molar-refractivity contribution in [1.82, 2.24) is 15.1 Å². The van der Waals surface area contributed by atoms with E-state index in [1.807, 2.05) is 24.1 Å². The number of hydrogen-bond acceptors (Lipinski definition) is 4. The number of imide groups is 1. The highest BCUT2D eigenvalue weighted by atomic mass is 35.5. The zero-order valence-electron chi connectivity index (χ0n) is 13.5. The van der Waals surface area contributed by atoms with E-state index in [1.165, 1.54) is 16.2 Å². The fourth-order valence-electron chi connectivity index (χ4n) is 3.62. The highest BCUT2D eigenvalue weighted by molar-refractivity contribution is 7.16. The van der Waals surface area contributed by atoms with E-state index in [1.54, 1.807) is 0 Å². The van der Waals surface area contributed by atoms with Crippen molar-refractivity contribution < 1.29 is 9.59 Å². The van der Waals surface area contributed by atoms with Gasteiger partial charge in [-0.15, -0.1) is 11.3 Å². The van der Waals surface area contributed by atoms with E-state index in [0.717, 1.165) is 34.9 Å². The molecule has 3 rings (SSSR count). The van der Waals surface area contributed by atoms with Crippen LogP contribution in [0, 0.1) is 5.92 Å². The third kappa shape index (κ3) is 3.12. The molecule has 5 nitrogen and oxygen atoms in total. The maximum absolute atomic E-state index is 12.9. The van der Waals surface area contributed by atoms with E-state index in [2.05, 4.69) is 12.2 Å². The Kier molecular flexibility index (Phi) is 4.67. The van der Waals surface area contributed by atoms with Gasteiger partial charge >= 0.3 is 6.03 Å². The molecule has 0 bridgehead atoms. The van der Waals surface area contributed by atoms with E-state index < -0.39 is 5.54 Å². The van der Waals surface area contributed by atoms with Crippen LogP contribution in [0.4, 0.5) is 4.79 Å². The van der Waals surface area contributed by atoms with Crippen LogP contribution in [0.5, 0.6) is 0 Å². The highest BCUT2D eigenvalue weighted by Crippen LogP contribution is 2.38. The number of halogens is 1. The molecule has 1 aliphatic heterocycles. The maximum Gasteiger partial charge on any atom is 0.326 e. The first-order valence-electron chi connectivity index (χ1n) is 7.99. The molecule has 23 heavy (non-hydrogen) atoms. The minimum absolute atomic E-state index is 0.0641. The molecule has 1 aliphatic carbocycles. The topological polar surface area (TPSA) is 52.7 Å². The lowest BCUT2D eigenvalue weighted by Crippen LogP contribution is -2.54. The van der Waals surface area contributed by atoms with Crippen molar-refractivity contribution >= 4 is 34.9 Å². The summed E-state index contributed by atoms with van der Waals surface area (Å²) in [5.41, 5.74) is -0.678. The van der Waals surface area contributed by atoms with Crippen molar-refractivity contribution in [2.24, 2.45) is 5.92 Å². The van der Waals surface area contributed by atoms with Crippen LogP contribution in [-0.2, 0) is 11.3 Å². The molecule has 0 unspecified atom stereocenters. The first-order valence-corrected chi connectivity index (χ1v) is 9.19. The first-order chi connectivity index (χ1) is 10.9. The number of nitrogens with zero attached hydrogens (tertiary/aromatic N) is 2. The van der Waals surface area contributed by atoms with Crippen LogP contribution in [0.15, 0.2) is 12.1 Å². The molecule has 1 N–H and O–H groups in total. The predicted molar refractivity (Wildman–Crippen MR) is 91.4 cm³/mol. The van der Waals surface area contributed by atoms with Crippen molar-refractivity contribution in [3.8, 4) is 0 Å². The van der Waals surface area contributed by atoms with Gasteiger partial charge in [-0.2, -0.15) is 0 Å². The lowest BCUT2D eigenvalue weighted by Gasteiger charge is -2.37. The monoisotopic (exact) mass is 355 g/mol. The van der Waals surface area contributed by atoms with Gasteiger partial charge in [0.15, 0.2) is 0 Å². The van der Waals surface area contributed by atoms with E-state index in [-0.39, 0.29) is 17.9 Å². The fraction of sp³-hybridized carbons (Fsp3) is 0.625. The summed E-state index contributed by atoms with van der Waals surface area (Å²) in [6.07, 6.45) is 3.86. The largest absolute Gasteiger partial charge is 0.326 e. The molecule has 1 aromatic rings. The Balaban J connectivity index is 1.68. The van der Waals surface area contributed by atoms with Gasteiger partial charge in [0.25, 0.3) is 5.91 Å². The number of nitrogens with one attached hydrogen (secondary N) is 1. The third-order valence-corrected chi connectivity index (χ3v) is 6.15. The minimum atomic E-state index is -0.678. The molecule has 2 heterocycles. The SMILES string of the molecule is C[C@@H]1CCCC[C@@]12NC(=O)N(CN(C)Cc1ccc(Cl)s1)C2=O. The molecule has 1 aromatic heterocycles. The summed E-state index contributed by atoms with van der Waals surface area (Å²) in [6.45, 7) is 3.03. The molecule has 1 saturated heterocycles. The maximum atomic E-state index is 12.9. The van der Waals surface area contributed by atoms with Crippen LogP contribution in [0.3, 0.4) is 0 Å². The number of urea groups is 1. The summed E-state index contributed by atoms with van der Waals surface area (Å²) in [7, 11) is 1.91. The normalized spacial score (nSPS) is 28.0. The van der Waals surface area contributed by atoms with Gasteiger partial charge in [-0.3, -0.25) is 9.69 Å². The molecule has 0 radical (unpaired) electrons. The van der Waals surface area contributed by atoms with Crippen molar-refractivity contribution in [2.75, 3.05) is 13.7 Å². The van der Waals surface area contributed by atoms with Gasteiger partial charge in [-0.1, -0.05) is 31.4 Å². The first kappa shape index (κ1) is 16.7. The van der Waals surface area contributed by atoms with Crippen LogP contribution in [0.2, 0.25) is 4.34 Å². The Labute approximate surface area is 145 Å². The van der Waals surface area contributed by atoms with Crippen molar-refractivity contribution in [2.45, 2.75) is 44.7 Å². The lowest BCUT2D eigenvalue weighted by molar-refractivity contribution is -0.135. The summed E-state index contributed by atoms with van der Waals surface area (Å²) in [6, 6.07) is 3.57. The lowest BCUT2D eigenvalue weighted by atomic mass is 9.73. The van der Waals surface area contributed by atoms with Gasteiger partial charge in [0.2, 0.25) is 0 Å². The smallest absolute Gasteiger partial charge is 0.323 e. The molecular formula is C16H22ClN3O2S. The summed E-state index contributed by atoms with van der Waals surface area (Å²) >= 11 is 7.46. The van der Waals surface area contributed by atoms with Gasteiger partial charge in [-0.05, 0) is 37.9 Å². The number of thiophene rings is 1. The zero-order valence-corrected chi connectivity index (χ0v) is 15.0. The molecule has 2 aliphatic rings. The number of carbonyl (C=O) groups excluding carboxylic acids is 2. The van der Waals surface area contributed by atoms with Crippen LogP contribution < -0.4 is 5.32 Å². The highest BCUT2D eigenvalue weighted by Gasteiger charge is 2.54. The molecule has 0 aromatic carbocycles. The summed E-state index contributed by atoms with van der Waals surface area (Å²) < 4.78 is 0.748. The number of carbonyl (C=O) groups is 2. The third-order valence-electron chi connectivity index (χ3n) is 4.94. The Hall–Kier alpha value is -1.11. The summed E-state index contributed by atoms with van der Waals surface area (Å²) in [4.78, 5) is 29.7. The zero-order chi connectivity index (χ0) is 16.6. The van der Waals surface area contributed by atoms with E-state index in [9.17, 15) is 9.59 Å². The molecular weight excluding hydrogens is 334 g/mol.